The van der Waals surface area contributed by atoms with Gasteiger partial charge in [-0.1, -0.05) is 25.8 Å². The number of amides is 1. The lowest BCUT2D eigenvalue weighted by atomic mass is 9.89. The molecule has 1 saturated carbocycles. The predicted molar refractivity (Wildman–Crippen MR) is 77.2 cm³/mol. The van der Waals surface area contributed by atoms with Crippen molar-refractivity contribution in [2.45, 2.75) is 38.7 Å². The molecule has 2 unspecified atom stereocenters. The molecule has 4 heteroatoms. The van der Waals surface area contributed by atoms with Crippen LogP contribution in [0.3, 0.4) is 0 Å². The molecule has 0 saturated heterocycles. The van der Waals surface area contributed by atoms with Crippen LogP contribution in [-0.2, 0) is 9.53 Å². The van der Waals surface area contributed by atoms with Gasteiger partial charge in [-0.25, -0.2) is 0 Å². The van der Waals surface area contributed by atoms with Gasteiger partial charge in [0.1, 0.15) is 6.61 Å². The monoisotopic (exact) mass is 272 g/mol. The number of hydrogen-bond acceptors (Lipinski definition) is 3. The van der Waals surface area contributed by atoms with Crippen LogP contribution >= 0.6 is 0 Å². The molecule has 1 aliphatic rings. The minimum atomic E-state index is -0.168. The fraction of sp³-hybridized carbons (Fsp3) is 0.500. The van der Waals surface area contributed by atoms with Crippen molar-refractivity contribution in [1.29, 1.82) is 5.26 Å². The molecule has 0 aliphatic heterocycles. The molecule has 106 valence electrons. The summed E-state index contributed by atoms with van der Waals surface area (Å²) in [6.07, 6.45) is 4.72. The second kappa shape index (κ2) is 7.06. The van der Waals surface area contributed by atoms with E-state index >= 15 is 0 Å². The van der Waals surface area contributed by atoms with Gasteiger partial charge in [-0.2, -0.15) is 5.26 Å². The summed E-state index contributed by atoms with van der Waals surface area (Å²) in [4.78, 5) is 11.8. The number of benzene rings is 1. The fourth-order valence-electron chi connectivity index (χ4n) is 2.59. The van der Waals surface area contributed by atoms with Crippen LogP contribution in [0, 0.1) is 17.2 Å². The molecule has 20 heavy (non-hydrogen) atoms. The molecule has 1 aromatic carbocycles. The summed E-state index contributed by atoms with van der Waals surface area (Å²) in [5.74, 6) is 0.516. The predicted octanol–water partition coefficient (Wildman–Crippen LogP) is 3.09. The molecule has 0 radical (unpaired) electrons. The second-order valence-corrected chi connectivity index (χ2v) is 5.45. The van der Waals surface area contributed by atoms with E-state index in [1.54, 1.807) is 24.3 Å². The molecule has 0 aromatic heterocycles. The number of nitrogens with one attached hydrogen (secondary N) is 1. The van der Waals surface area contributed by atoms with Crippen LogP contribution in [0.4, 0.5) is 5.69 Å². The molecule has 2 rings (SSSR count). The minimum absolute atomic E-state index is 0.0775. The quantitative estimate of drug-likeness (QED) is 0.916. The zero-order valence-electron chi connectivity index (χ0n) is 11.8. The summed E-state index contributed by atoms with van der Waals surface area (Å²) >= 11 is 0. The van der Waals surface area contributed by atoms with E-state index < -0.39 is 0 Å². The highest BCUT2D eigenvalue weighted by molar-refractivity contribution is 5.91. The molecule has 1 aromatic rings. The summed E-state index contributed by atoms with van der Waals surface area (Å²) in [7, 11) is 0. The number of carbonyl (C=O) groups is 1. The largest absolute Gasteiger partial charge is 0.368 e. The molecular formula is C16H20N2O2. The Bertz CT molecular complexity index is 507. The Balaban J connectivity index is 1.79. The fourth-order valence-corrected chi connectivity index (χ4v) is 2.59. The molecule has 4 nitrogen and oxygen atoms in total. The Morgan fingerprint density at radius 2 is 2.35 bits per heavy atom. The maximum Gasteiger partial charge on any atom is 0.250 e. The Kier molecular flexibility index (Phi) is 5.14. The van der Waals surface area contributed by atoms with E-state index in [0.717, 1.165) is 12.8 Å². The summed E-state index contributed by atoms with van der Waals surface area (Å²) in [6, 6.07) is 8.92. The average Bonchev–Trinajstić information content (AvgIpc) is 2.45. The maximum atomic E-state index is 11.8. The lowest BCUT2D eigenvalue weighted by Crippen LogP contribution is -2.26. The lowest BCUT2D eigenvalue weighted by molar-refractivity contribution is -0.123. The molecule has 0 bridgehead atoms. The molecule has 1 aliphatic carbocycles. The summed E-state index contributed by atoms with van der Waals surface area (Å²) in [5, 5.41) is 11.6. The third kappa shape index (κ3) is 4.36. The molecular weight excluding hydrogens is 252 g/mol. The van der Waals surface area contributed by atoms with Gasteiger partial charge in [0.15, 0.2) is 0 Å². The Hall–Kier alpha value is -1.86. The first-order valence-electron chi connectivity index (χ1n) is 7.09. The molecule has 2 atom stereocenters. The zero-order valence-corrected chi connectivity index (χ0v) is 11.8. The number of hydrogen-bond donors (Lipinski definition) is 1. The number of rotatable bonds is 4. The molecule has 1 N–H and O–H groups in total. The highest BCUT2D eigenvalue weighted by atomic mass is 16.5. The molecule has 1 fully saturated rings. The normalized spacial score (nSPS) is 22.0. The summed E-state index contributed by atoms with van der Waals surface area (Å²) < 4.78 is 5.67. The van der Waals surface area contributed by atoms with E-state index in [-0.39, 0.29) is 18.6 Å². The molecule has 1 amide bonds. The third-order valence-electron chi connectivity index (χ3n) is 3.61. The van der Waals surface area contributed by atoms with Crippen LogP contribution in [0.1, 0.15) is 38.2 Å². The van der Waals surface area contributed by atoms with Crippen LogP contribution in [0.25, 0.3) is 0 Å². The van der Waals surface area contributed by atoms with Gasteiger partial charge in [0.2, 0.25) is 5.91 Å². The van der Waals surface area contributed by atoms with Crippen LogP contribution in [0.15, 0.2) is 24.3 Å². The smallest absolute Gasteiger partial charge is 0.250 e. The first-order chi connectivity index (χ1) is 9.67. The van der Waals surface area contributed by atoms with Gasteiger partial charge < -0.3 is 10.1 Å². The standard InChI is InChI=1S/C16H20N2O2/c1-12-4-2-7-15(8-12)20-11-16(19)18-14-6-3-5-13(9-14)10-17/h3,5-6,9,12,15H,2,4,7-8,11H2,1H3,(H,18,19). The van der Waals surface area contributed by atoms with Crippen molar-refractivity contribution >= 4 is 11.6 Å². The lowest BCUT2D eigenvalue weighted by Gasteiger charge is -2.26. The van der Waals surface area contributed by atoms with Crippen molar-refractivity contribution in [3.8, 4) is 6.07 Å². The Morgan fingerprint density at radius 3 is 3.10 bits per heavy atom. The van der Waals surface area contributed by atoms with Crippen molar-refractivity contribution in [3.63, 3.8) is 0 Å². The summed E-state index contributed by atoms with van der Waals surface area (Å²) in [6.45, 7) is 2.30. The van der Waals surface area contributed by atoms with E-state index in [1.165, 1.54) is 12.8 Å². The number of nitriles is 1. The van der Waals surface area contributed by atoms with Crippen molar-refractivity contribution in [3.05, 3.63) is 29.8 Å². The van der Waals surface area contributed by atoms with Crippen LogP contribution < -0.4 is 5.32 Å². The number of carbonyl (C=O) groups excluding carboxylic acids is 1. The highest BCUT2D eigenvalue weighted by Gasteiger charge is 2.20. The first kappa shape index (κ1) is 14.5. The van der Waals surface area contributed by atoms with Gasteiger partial charge in [0.25, 0.3) is 0 Å². The Morgan fingerprint density at radius 1 is 1.50 bits per heavy atom. The van der Waals surface area contributed by atoms with Crippen LogP contribution in [0.5, 0.6) is 0 Å². The molecule has 0 heterocycles. The van der Waals surface area contributed by atoms with E-state index in [4.69, 9.17) is 10.00 Å². The van der Waals surface area contributed by atoms with Crippen LogP contribution in [-0.4, -0.2) is 18.6 Å². The molecule has 0 spiro atoms. The van der Waals surface area contributed by atoms with Crippen LogP contribution in [0.2, 0.25) is 0 Å². The second-order valence-electron chi connectivity index (χ2n) is 5.45. The first-order valence-corrected chi connectivity index (χ1v) is 7.09. The summed E-state index contributed by atoms with van der Waals surface area (Å²) in [5.41, 5.74) is 1.17. The van der Waals surface area contributed by atoms with Gasteiger partial charge in [-0.3, -0.25) is 4.79 Å². The topological polar surface area (TPSA) is 62.1 Å². The number of nitrogens with zero attached hydrogens (tertiary/aromatic N) is 1. The number of ether oxygens (including phenoxy) is 1. The van der Waals surface area contributed by atoms with Gasteiger partial charge in [0, 0.05) is 5.69 Å². The van der Waals surface area contributed by atoms with Crippen molar-refractivity contribution in [2.75, 3.05) is 11.9 Å². The van der Waals surface area contributed by atoms with Gasteiger partial charge in [0.05, 0.1) is 17.7 Å². The Labute approximate surface area is 119 Å². The van der Waals surface area contributed by atoms with E-state index in [1.807, 2.05) is 6.07 Å². The van der Waals surface area contributed by atoms with Crippen molar-refractivity contribution in [2.24, 2.45) is 5.92 Å². The van der Waals surface area contributed by atoms with Crippen molar-refractivity contribution < 1.29 is 9.53 Å². The zero-order chi connectivity index (χ0) is 14.4. The van der Waals surface area contributed by atoms with Gasteiger partial charge in [-0.15, -0.1) is 0 Å². The average molecular weight is 272 g/mol. The number of anilines is 1. The third-order valence-corrected chi connectivity index (χ3v) is 3.61. The SMILES string of the molecule is CC1CCCC(OCC(=O)Nc2cccc(C#N)c2)C1. The van der Waals surface area contributed by atoms with E-state index in [2.05, 4.69) is 12.2 Å². The minimum Gasteiger partial charge on any atom is -0.368 e. The van der Waals surface area contributed by atoms with Gasteiger partial charge >= 0.3 is 0 Å². The van der Waals surface area contributed by atoms with E-state index in [9.17, 15) is 4.79 Å². The van der Waals surface area contributed by atoms with E-state index in [0.29, 0.717) is 17.2 Å². The maximum absolute atomic E-state index is 11.8. The highest BCUT2D eigenvalue weighted by Crippen LogP contribution is 2.25. The van der Waals surface area contributed by atoms with Crippen molar-refractivity contribution in [1.82, 2.24) is 0 Å². The van der Waals surface area contributed by atoms with Gasteiger partial charge in [-0.05, 0) is 37.0 Å².